The predicted octanol–water partition coefficient (Wildman–Crippen LogP) is 2.73. The van der Waals surface area contributed by atoms with E-state index in [4.69, 9.17) is 21.1 Å². The van der Waals surface area contributed by atoms with Crippen LogP contribution in [0.5, 0.6) is 0 Å². The molecular formula is C19H28ClN3O2. The molecule has 1 atom stereocenters. The lowest BCUT2D eigenvalue weighted by molar-refractivity contribution is 0.0191. The Bertz CT molecular complexity index is 584. The standard InChI is InChI=1S/C19H28ClN3O2/c1-21-18(22-9-11-24-13-17-6-3-10-25-17)23-14-19(7-8-19)15-4-2-5-16(20)12-15/h2,4-5,12,17H,3,6-11,13-14H2,1H3,(H2,21,22,23). The van der Waals surface area contributed by atoms with Gasteiger partial charge >= 0.3 is 0 Å². The average Bonchev–Trinajstić information content (AvgIpc) is 3.24. The number of rotatable bonds is 8. The lowest BCUT2D eigenvalue weighted by atomic mass is 9.96. The summed E-state index contributed by atoms with van der Waals surface area (Å²) >= 11 is 6.13. The molecule has 138 valence electrons. The quantitative estimate of drug-likeness (QED) is 0.422. The maximum Gasteiger partial charge on any atom is 0.191 e. The maximum absolute atomic E-state index is 6.13. The van der Waals surface area contributed by atoms with Crippen LogP contribution in [0.2, 0.25) is 5.02 Å². The van der Waals surface area contributed by atoms with Gasteiger partial charge in [-0.15, -0.1) is 0 Å². The molecule has 1 aliphatic heterocycles. The van der Waals surface area contributed by atoms with Gasteiger partial charge in [0.15, 0.2) is 5.96 Å². The van der Waals surface area contributed by atoms with Gasteiger partial charge in [0.25, 0.3) is 0 Å². The zero-order valence-electron chi connectivity index (χ0n) is 14.9. The molecule has 6 heteroatoms. The van der Waals surface area contributed by atoms with Crippen molar-refractivity contribution in [1.29, 1.82) is 0 Å². The molecule has 2 fully saturated rings. The number of benzene rings is 1. The number of hydrogen-bond donors (Lipinski definition) is 2. The minimum Gasteiger partial charge on any atom is -0.377 e. The van der Waals surface area contributed by atoms with Crippen molar-refractivity contribution in [3.63, 3.8) is 0 Å². The summed E-state index contributed by atoms with van der Waals surface area (Å²) in [4.78, 5) is 4.29. The minimum absolute atomic E-state index is 0.193. The van der Waals surface area contributed by atoms with Gasteiger partial charge in [0.05, 0.1) is 19.3 Å². The molecule has 1 aromatic carbocycles. The predicted molar refractivity (Wildman–Crippen MR) is 102 cm³/mol. The van der Waals surface area contributed by atoms with Crippen LogP contribution in [0.25, 0.3) is 0 Å². The van der Waals surface area contributed by atoms with Crippen molar-refractivity contribution in [2.45, 2.75) is 37.2 Å². The fraction of sp³-hybridized carbons (Fsp3) is 0.632. The van der Waals surface area contributed by atoms with E-state index in [0.717, 1.165) is 43.5 Å². The third kappa shape index (κ3) is 5.33. The van der Waals surface area contributed by atoms with Crippen LogP contribution in [0.4, 0.5) is 0 Å². The van der Waals surface area contributed by atoms with Gasteiger partial charge in [-0.2, -0.15) is 0 Å². The topological polar surface area (TPSA) is 54.9 Å². The molecule has 1 heterocycles. The van der Waals surface area contributed by atoms with Crippen LogP contribution in [0, 0.1) is 0 Å². The first-order valence-corrected chi connectivity index (χ1v) is 9.50. The molecule has 3 rings (SSSR count). The Balaban J connectivity index is 1.36. The zero-order valence-corrected chi connectivity index (χ0v) is 15.6. The molecule has 0 radical (unpaired) electrons. The summed E-state index contributed by atoms with van der Waals surface area (Å²) in [5, 5.41) is 7.54. The van der Waals surface area contributed by atoms with Crippen LogP contribution in [-0.2, 0) is 14.9 Å². The van der Waals surface area contributed by atoms with Crippen LogP contribution < -0.4 is 10.6 Å². The summed E-state index contributed by atoms with van der Waals surface area (Å²) in [6, 6.07) is 8.18. The second-order valence-electron chi connectivity index (χ2n) is 6.85. The van der Waals surface area contributed by atoms with Gasteiger partial charge in [-0.25, -0.2) is 0 Å². The normalized spacial score (nSPS) is 22.0. The van der Waals surface area contributed by atoms with Crippen molar-refractivity contribution >= 4 is 17.6 Å². The van der Waals surface area contributed by atoms with Crippen LogP contribution in [0.15, 0.2) is 29.3 Å². The summed E-state index contributed by atoms with van der Waals surface area (Å²) in [6.45, 7) is 3.81. The first-order valence-electron chi connectivity index (χ1n) is 9.12. The smallest absolute Gasteiger partial charge is 0.191 e. The highest BCUT2D eigenvalue weighted by Gasteiger charge is 2.44. The Labute approximate surface area is 155 Å². The molecule has 0 spiro atoms. The lowest BCUT2D eigenvalue weighted by Crippen LogP contribution is -2.42. The fourth-order valence-corrected chi connectivity index (χ4v) is 3.43. The van der Waals surface area contributed by atoms with E-state index < -0.39 is 0 Å². The van der Waals surface area contributed by atoms with Crippen molar-refractivity contribution in [3.8, 4) is 0 Å². The van der Waals surface area contributed by atoms with Gasteiger partial charge in [-0.05, 0) is 43.4 Å². The highest BCUT2D eigenvalue weighted by molar-refractivity contribution is 6.30. The van der Waals surface area contributed by atoms with E-state index in [0.29, 0.717) is 13.2 Å². The summed E-state index contributed by atoms with van der Waals surface area (Å²) in [5.74, 6) is 0.814. The average molecular weight is 366 g/mol. The van der Waals surface area contributed by atoms with Crippen LogP contribution >= 0.6 is 11.6 Å². The van der Waals surface area contributed by atoms with E-state index in [1.54, 1.807) is 7.05 Å². The number of guanidine groups is 1. The Morgan fingerprint density at radius 2 is 2.28 bits per heavy atom. The van der Waals surface area contributed by atoms with Gasteiger partial charge in [-0.1, -0.05) is 23.7 Å². The lowest BCUT2D eigenvalue weighted by Gasteiger charge is -2.19. The molecule has 1 aromatic rings. The molecule has 1 saturated heterocycles. The molecule has 1 unspecified atom stereocenters. The molecule has 2 aliphatic rings. The number of halogens is 1. The third-order valence-electron chi connectivity index (χ3n) is 4.97. The second kappa shape index (κ2) is 8.88. The highest BCUT2D eigenvalue weighted by Crippen LogP contribution is 2.48. The number of nitrogens with zero attached hydrogens (tertiary/aromatic N) is 1. The summed E-state index contributed by atoms with van der Waals surface area (Å²) in [6.07, 6.45) is 4.91. The van der Waals surface area contributed by atoms with E-state index in [1.807, 2.05) is 12.1 Å². The minimum atomic E-state index is 0.193. The summed E-state index contributed by atoms with van der Waals surface area (Å²) in [7, 11) is 1.79. The van der Waals surface area contributed by atoms with Gasteiger partial charge in [0.2, 0.25) is 0 Å². The first-order chi connectivity index (χ1) is 12.2. The van der Waals surface area contributed by atoms with Crippen molar-refractivity contribution < 1.29 is 9.47 Å². The van der Waals surface area contributed by atoms with Crippen molar-refractivity contribution in [3.05, 3.63) is 34.9 Å². The number of hydrogen-bond acceptors (Lipinski definition) is 3. The van der Waals surface area contributed by atoms with Crippen LogP contribution in [0.3, 0.4) is 0 Å². The molecule has 2 N–H and O–H groups in total. The van der Waals surface area contributed by atoms with Crippen molar-refractivity contribution in [1.82, 2.24) is 10.6 Å². The molecule has 1 aliphatic carbocycles. The van der Waals surface area contributed by atoms with Gasteiger partial charge in [0.1, 0.15) is 0 Å². The third-order valence-corrected chi connectivity index (χ3v) is 5.21. The van der Waals surface area contributed by atoms with E-state index in [9.17, 15) is 0 Å². The highest BCUT2D eigenvalue weighted by atomic mass is 35.5. The zero-order chi connectivity index (χ0) is 17.5. The molecule has 0 aromatic heterocycles. The van der Waals surface area contributed by atoms with Gasteiger partial charge in [-0.3, -0.25) is 4.99 Å². The van der Waals surface area contributed by atoms with Gasteiger partial charge < -0.3 is 20.1 Å². The summed E-state index contributed by atoms with van der Waals surface area (Å²) in [5.41, 5.74) is 1.50. The maximum atomic E-state index is 6.13. The van der Waals surface area contributed by atoms with Crippen molar-refractivity contribution in [2.24, 2.45) is 4.99 Å². The van der Waals surface area contributed by atoms with Crippen LogP contribution in [-0.4, -0.2) is 52.0 Å². The molecule has 25 heavy (non-hydrogen) atoms. The van der Waals surface area contributed by atoms with Gasteiger partial charge in [0, 0.05) is 37.2 Å². The SMILES string of the molecule is CN=C(NCCOCC1CCCO1)NCC1(c2cccc(Cl)c2)CC1. The Morgan fingerprint density at radius 3 is 2.96 bits per heavy atom. The number of ether oxygens (including phenoxy) is 2. The second-order valence-corrected chi connectivity index (χ2v) is 7.29. The largest absolute Gasteiger partial charge is 0.377 e. The van der Waals surface area contributed by atoms with E-state index in [1.165, 1.54) is 18.4 Å². The Kier molecular flexibility index (Phi) is 6.57. The Morgan fingerprint density at radius 1 is 1.40 bits per heavy atom. The molecule has 0 bridgehead atoms. The first kappa shape index (κ1) is 18.5. The summed E-state index contributed by atoms with van der Waals surface area (Å²) < 4.78 is 11.2. The molecule has 1 saturated carbocycles. The molecule has 5 nitrogen and oxygen atoms in total. The van der Waals surface area contributed by atoms with E-state index in [-0.39, 0.29) is 11.5 Å². The number of nitrogens with one attached hydrogen (secondary N) is 2. The van der Waals surface area contributed by atoms with Crippen molar-refractivity contribution in [2.75, 3.05) is 40.0 Å². The van der Waals surface area contributed by atoms with Crippen LogP contribution in [0.1, 0.15) is 31.2 Å². The van der Waals surface area contributed by atoms with E-state index >= 15 is 0 Å². The molecule has 0 amide bonds. The molecular weight excluding hydrogens is 338 g/mol. The van der Waals surface area contributed by atoms with E-state index in [2.05, 4.69) is 27.8 Å². The fourth-order valence-electron chi connectivity index (χ4n) is 3.24. The monoisotopic (exact) mass is 365 g/mol. The Hall–Kier alpha value is -1.30. The number of aliphatic imine (C=N–C) groups is 1.